The third-order valence-electron chi connectivity index (χ3n) is 5.37. The third-order valence-corrected chi connectivity index (χ3v) is 5.37. The highest BCUT2D eigenvalue weighted by atomic mass is 16.5. The van der Waals surface area contributed by atoms with Gasteiger partial charge in [0, 0.05) is 23.7 Å². The number of nitrogens with zero attached hydrogens (tertiary/aromatic N) is 2. The monoisotopic (exact) mass is 379 g/mol. The van der Waals surface area contributed by atoms with Crippen molar-refractivity contribution in [2.45, 2.75) is 45.3 Å². The summed E-state index contributed by atoms with van der Waals surface area (Å²) in [6.45, 7) is 4.04. The minimum Gasteiger partial charge on any atom is -0.461 e. The van der Waals surface area contributed by atoms with Gasteiger partial charge in [-0.2, -0.15) is 0 Å². The van der Waals surface area contributed by atoms with E-state index in [2.05, 4.69) is 17.2 Å². The number of H-pyrrole nitrogens is 1. The number of aryl methyl sites for hydroxylation is 2. The molecule has 0 spiro atoms. The van der Waals surface area contributed by atoms with E-state index in [1.807, 2.05) is 37.3 Å². The van der Waals surface area contributed by atoms with Crippen molar-refractivity contribution in [3.63, 3.8) is 0 Å². The molecule has 2 atom stereocenters. The van der Waals surface area contributed by atoms with Gasteiger partial charge in [-0.1, -0.05) is 30.3 Å². The fourth-order valence-corrected chi connectivity index (χ4v) is 3.79. The van der Waals surface area contributed by atoms with E-state index in [0.717, 1.165) is 52.9 Å². The molecule has 4 rings (SSSR count). The van der Waals surface area contributed by atoms with Crippen molar-refractivity contribution in [3.8, 4) is 11.4 Å². The van der Waals surface area contributed by atoms with Gasteiger partial charge in [0.1, 0.15) is 17.6 Å². The van der Waals surface area contributed by atoms with Crippen LogP contribution in [0.5, 0.6) is 0 Å². The number of carbonyl (C=O) groups excluding carboxylic acids is 1. The molecule has 28 heavy (non-hydrogen) atoms. The molecule has 2 heterocycles. The molecule has 4 N–H and O–H groups in total. The van der Waals surface area contributed by atoms with E-state index in [-0.39, 0.29) is 24.7 Å². The molecule has 0 unspecified atom stereocenters. The summed E-state index contributed by atoms with van der Waals surface area (Å²) in [6, 6.07) is 10.1. The fraction of sp³-hybridized carbons (Fsp3) is 0.381. The van der Waals surface area contributed by atoms with Gasteiger partial charge >= 0.3 is 5.97 Å². The first-order valence-corrected chi connectivity index (χ1v) is 9.63. The van der Waals surface area contributed by atoms with E-state index in [1.165, 1.54) is 0 Å². The molecule has 7 nitrogen and oxygen atoms in total. The lowest BCUT2D eigenvalue weighted by Gasteiger charge is -2.16. The fourth-order valence-electron chi connectivity index (χ4n) is 3.79. The number of fused-ring (bicyclic) bond motifs is 1. The zero-order chi connectivity index (χ0) is 19.7. The zero-order valence-corrected chi connectivity index (χ0v) is 16.2. The molecule has 146 valence electrons. The quantitative estimate of drug-likeness (QED) is 0.588. The lowest BCUT2D eigenvalue weighted by Crippen LogP contribution is -2.24. The molecule has 1 fully saturated rings. The van der Waals surface area contributed by atoms with Crippen LogP contribution in [-0.4, -0.2) is 39.6 Å². The maximum Gasteiger partial charge on any atom is 0.319 e. The maximum absolute atomic E-state index is 11.5. The number of rotatable bonds is 5. The number of nitrogens with two attached hydrogens (primary N) is 1. The second-order valence-electron chi connectivity index (χ2n) is 7.33. The molecule has 3 aromatic rings. The summed E-state index contributed by atoms with van der Waals surface area (Å²) in [7, 11) is 0. The maximum atomic E-state index is 11.5. The highest BCUT2D eigenvalue weighted by Crippen LogP contribution is 2.32. The van der Waals surface area contributed by atoms with E-state index >= 15 is 0 Å². The number of hydrogen-bond acceptors (Lipinski definition) is 6. The van der Waals surface area contributed by atoms with Gasteiger partial charge in [-0.05, 0) is 32.3 Å². The predicted octanol–water partition coefficient (Wildman–Crippen LogP) is 3.08. The van der Waals surface area contributed by atoms with Crippen LogP contribution in [0.15, 0.2) is 30.3 Å². The number of nitrogens with one attached hydrogen (secondary N) is 2. The van der Waals surface area contributed by atoms with E-state index in [0.29, 0.717) is 5.82 Å². The minimum absolute atomic E-state index is 0.0800. The average Bonchev–Trinajstić information content (AvgIpc) is 3.26. The number of hydrogen-bond donors (Lipinski definition) is 3. The van der Waals surface area contributed by atoms with Crippen LogP contribution in [0, 0.1) is 13.8 Å². The number of anilines is 1. The first-order valence-electron chi connectivity index (χ1n) is 9.63. The predicted molar refractivity (Wildman–Crippen MR) is 109 cm³/mol. The Hall–Kier alpha value is -2.93. The first kappa shape index (κ1) is 18.4. The largest absolute Gasteiger partial charge is 0.461 e. The van der Waals surface area contributed by atoms with Crippen LogP contribution in [0.2, 0.25) is 0 Å². The molecule has 0 bridgehead atoms. The van der Waals surface area contributed by atoms with Crippen LogP contribution < -0.4 is 11.1 Å². The lowest BCUT2D eigenvalue weighted by molar-refractivity contribution is -0.146. The highest BCUT2D eigenvalue weighted by molar-refractivity contribution is 5.92. The van der Waals surface area contributed by atoms with E-state index in [1.54, 1.807) is 0 Å². The number of aromatic amines is 1. The van der Waals surface area contributed by atoms with E-state index in [4.69, 9.17) is 20.4 Å². The smallest absolute Gasteiger partial charge is 0.319 e. The Morgan fingerprint density at radius 2 is 2.04 bits per heavy atom. The number of ether oxygens (including phenoxy) is 1. The second kappa shape index (κ2) is 7.59. The van der Waals surface area contributed by atoms with Crippen molar-refractivity contribution in [2.24, 2.45) is 5.73 Å². The second-order valence-corrected chi connectivity index (χ2v) is 7.33. The summed E-state index contributed by atoms with van der Waals surface area (Å²) in [5, 5.41) is 4.59. The number of benzene rings is 1. The first-order chi connectivity index (χ1) is 13.5. The van der Waals surface area contributed by atoms with Crippen LogP contribution >= 0.6 is 0 Å². The Bertz CT molecular complexity index is 999. The van der Waals surface area contributed by atoms with Gasteiger partial charge in [0.2, 0.25) is 0 Å². The Balaban J connectivity index is 1.65. The van der Waals surface area contributed by atoms with E-state index in [9.17, 15) is 4.79 Å². The Morgan fingerprint density at radius 3 is 2.79 bits per heavy atom. The Morgan fingerprint density at radius 1 is 1.25 bits per heavy atom. The van der Waals surface area contributed by atoms with Crippen molar-refractivity contribution < 1.29 is 9.53 Å². The molecule has 1 saturated carbocycles. The molecular weight excluding hydrogens is 354 g/mol. The SMILES string of the molecule is Cc1[nH]c2nc(-c3ccccc3)nc(N[C@H]3CC[C@@H](OC(=O)CN)C3)c2c1C. The standard InChI is InChI=1S/C21H25N5O2/c1-12-13(2)23-20-18(12)21(26-19(25-20)14-6-4-3-5-7-14)24-15-8-9-16(10-15)28-17(27)11-22/h3-7,15-16H,8-11,22H2,1-2H3,(H2,23,24,25,26)/t15-,16+/m0/s1. The molecule has 0 aliphatic heterocycles. The molecule has 2 aromatic heterocycles. The Labute approximate surface area is 163 Å². The van der Waals surface area contributed by atoms with Gasteiger partial charge in [-0.15, -0.1) is 0 Å². The van der Waals surface area contributed by atoms with Gasteiger partial charge in [0.05, 0.1) is 11.9 Å². The summed E-state index contributed by atoms with van der Waals surface area (Å²) in [4.78, 5) is 24.4. The summed E-state index contributed by atoms with van der Waals surface area (Å²) in [5.74, 6) is 1.15. The van der Waals surface area contributed by atoms with Crippen LogP contribution in [0.3, 0.4) is 0 Å². The summed E-state index contributed by atoms with van der Waals surface area (Å²) < 4.78 is 5.39. The summed E-state index contributed by atoms with van der Waals surface area (Å²) in [5.41, 5.74) is 9.37. The normalized spacial score (nSPS) is 19.1. The van der Waals surface area contributed by atoms with Crippen molar-refractivity contribution >= 4 is 22.8 Å². The zero-order valence-electron chi connectivity index (χ0n) is 16.2. The number of carbonyl (C=O) groups is 1. The van der Waals surface area contributed by atoms with Crippen LogP contribution in [0.4, 0.5) is 5.82 Å². The molecule has 0 saturated heterocycles. The summed E-state index contributed by atoms with van der Waals surface area (Å²) in [6.07, 6.45) is 2.40. The van der Waals surface area contributed by atoms with Crippen LogP contribution in [0.1, 0.15) is 30.5 Å². The average molecular weight is 379 g/mol. The topological polar surface area (TPSA) is 106 Å². The van der Waals surface area contributed by atoms with Gasteiger partial charge in [0.15, 0.2) is 5.82 Å². The van der Waals surface area contributed by atoms with E-state index < -0.39 is 0 Å². The molecule has 0 amide bonds. The minimum atomic E-state index is -0.349. The van der Waals surface area contributed by atoms with Crippen molar-refractivity contribution in [1.29, 1.82) is 0 Å². The molecule has 7 heteroatoms. The third kappa shape index (κ3) is 3.57. The summed E-state index contributed by atoms with van der Waals surface area (Å²) >= 11 is 0. The molecular formula is C21H25N5O2. The molecule has 1 aliphatic carbocycles. The van der Waals surface area contributed by atoms with Gasteiger partial charge in [-0.3, -0.25) is 4.79 Å². The van der Waals surface area contributed by atoms with Crippen molar-refractivity contribution in [2.75, 3.05) is 11.9 Å². The lowest BCUT2D eigenvalue weighted by atomic mass is 10.1. The van der Waals surface area contributed by atoms with Crippen LogP contribution in [0.25, 0.3) is 22.4 Å². The highest BCUT2D eigenvalue weighted by Gasteiger charge is 2.28. The van der Waals surface area contributed by atoms with Crippen LogP contribution in [-0.2, 0) is 9.53 Å². The van der Waals surface area contributed by atoms with Crippen molar-refractivity contribution in [1.82, 2.24) is 15.0 Å². The van der Waals surface area contributed by atoms with Gasteiger partial charge in [-0.25, -0.2) is 9.97 Å². The van der Waals surface area contributed by atoms with Gasteiger partial charge in [0.25, 0.3) is 0 Å². The Kier molecular flexibility index (Phi) is 5.00. The number of esters is 1. The molecule has 1 aromatic carbocycles. The number of aromatic nitrogens is 3. The molecule has 0 radical (unpaired) electrons. The van der Waals surface area contributed by atoms with Crippen molar-refractivity contribution in [3.05, 3.63) is 41.6 Å². The molecule has 1 aliphatic rings. The van der Waals surface area contributed by atoms with Gasteiger partial charge < -0.3 is 20.8 Å².